The largest absolute Gasteiger partial charge is 0.391 e. The number of nitrogens with one attached hydrogen (secondary N) is 3. The van der Waals surface area contributed by atoms with E-state index in [1.807, 2.05) is 108 Å². The van der Waals surface area contributed by atoms with Gasteiger partial charge in [-0.25, -0.2) is 0 Å². The Morgan fingerprint density at radius 2 is 0.881 bits per heavy atom. The lowest BCUT2D eigenvalue weighted by Crippen LogP contribution is -2.48. The zero-order chi connectivity index (χ0) is 51.3. The maximum Gasteiger partial charge on any atom is 0.153 e. The molecule has 0 amide bonds. The fraction of sp³-hybridized carbons (Fsp3) is 0.789. The van der Waals surface area contributed by atoms with E-state index < -0.39 is 12.1 Å². The van der Waals surface area contributed by atoms with Crippen LogP contribution in [0.4, 0.5) is 0 Å². The highest BCUT2D eigenvalue weighted by Crippen LogP contribution is 2.23. The third-order valence-electron chi connectivity index (χ3n) is 11.8. The summed E-state index contributed by atoms with van der Waals surface area (Å²) in [5.41, 5.74) is 1.15. The minimum Gasteiger partial charge on any atom is -0.391 e. The lowest BCUT2D eigenvalue weighted by atomic mass is 9.84. The van der Waals surface area contributed by atoms with Gasteiger partial charge in [0.15, 0.2) is 17.3 Å². The molecule has 10 heteroatoms. The van der Waals surface area contributed by atoms with Gasteiger partial charge in [-0.3, -0.25) is 28.8 Å². The van der Waals surface area contributed by atoms with E-state index in [4.69, 9.17) is 0 Å². The zero-order valence-corrected chi connectivity index (χ0v) is 45.4. The zero-order valence-electron chi connectivity index (χ0n) is 45.4. The molecule has 0 aliphatic rings. The molecule has 1 aromatic carbocycles. The topological polar surface area (TPSA) is 159 Å². The molecule has 0 aromatic heterocycles. The average molecular weight is 944 g/mol. The van der Waals surface area contributed by atoms with Gasteiger partial charge in [-0.15, -0.1) is 0 Å². The maximum atomic E-state index is 13.0. The number of hydrogen-bond donors (Lipinski definition) is 4. The summed E-state index contributed by atoms with van der Waals surface area (Å²) in [6.45, 7) is 35.3. The van der Waals surface area contributed by atoms with Crippen LogP contribution < -0.4 is 16.0 Å². The lowest BCUT2D eigenvalue weighted by Gasteiger charge is -2.25. The Labute approximate surface area is 411 Å². The predicted octanol–water partition coefficient (Wildman–Crippen LogP) is 11.6. The molecule has 7 atom stereocenters. The first-order chi connectivity index (χ1) is 30.7. The number of aliphatic hydroxyl groups is 1. The molecule has 0 saturated carbocycles. The summed E-state index contributed by atoms with van der Waals surface area (Å²) < 4.78 is 0. The van der Waals surface area contributed by atoms with Gasteiger partial charge in [0.25, 0.3) is 0 Å². The molecule has 10 nitrogen and oxygen atoms in total. The van der Waals surface area contributed by atoms with Crippen molar-refractivity contribution < 1.29 is 33.9 Å². The molecule has 0 fully saturated rings. The lowest BCUT2D eigenvalue weighted by molar-refractivity contribution is -0.132. The van der Waals surface area contributed by atoms with E-state index in [2.05, 4.69) is 55.8 Å². The molecular formula is C57H105N3O7. The van der Waals surface area contributed by atoms with E-state index in [-0.39, 0.29) is 120 Å². The van der Waals surface area contributed by atoms with Crippen molar-refractivity contribution in [1.82, 2.24) is 16.0 Å². The monoisotopic (exact) mass is 944 g/mol. The second-order valence-corrected chi connectivity index (χ2v) is 21.1. The third-order valence-corrected chi connectivity index (χ3v) is 11.8. The Hall–Kier alpha value is -2.92. The number of unbranched alkanes of at least 4 members (excludes halogenated alkanes) is 4. The van der Waals surface area contributed by atoms with Crippen LogP contribution in [0.3, 0.4) is 0 Å². The van der Waals surface area contributed by atoms with Gasteiger partial charge in [-0.2, -0.15) is 0 Å². The minimum absolute atomic E-state index is 0. The van der Waals surface area contributed by atoms with Crippen molar-refractivity contribution in [3.63, 3.8) is 0 Å². The molecule has 0 saturated heterocycles. The van der Waals surface area contributed by atoms with Crippen LogP contribution in [0, 0.1) is 41.4 Å². The van der Waals surface area contributed by atoms with Crippen molar-refractivity contribution in [3.05, 3.63) is 35.9 Å². The molecule has 1 rings (SSSR count). The van der Waals surface area contributed by atoms with Crippen molar-refractivity contribution in [2.24, 2.45) is 41.4 Å². The van der Waals surface area contributed by atoms with Crippen molar-refractivity contribution in [1.29, 1.82) is 0 Å². The van der Waals surface area contributed by atoms with Crippen molar-refractivity contribution in [3.8, 4) is 0 Å². The first kappa shape index (κ1) is 68.3. The molecule has 0 bridgehead atoms. The molecule has 390 valence electrons. The van der Waals surface area contributed by atoms with E-state index in [0.717, 1.165) is 56.9 Å². The summed E-state index contributed by atoms with van der Waals surface area (Å²) in [6, 6.07) is 9.76. The smallest absolute Gasteiger partial charge is 0.153 e. The van der Waals surface area contributed by atoms with Gasteiger partial charge in [-0.05, 0) is 37.7 Å². The molecule has 1 aromatic rings. The van der Waals surface area contributed by atoms with Gasteiger partial charge in [0.05, 0.1) is 24.2 Å². The van der Waals surface area contributed by atoms with Crippen molar-refractivity contribution in [2.75, 3.05) is 0 Å². The Morgan fingerprint density at radius 1 is 0.493 bits per heavy atom. The Morgan fingerprint density at radius 3 is 1.24 bits per heavy atom. The first-order valence-electron chi connectivity index (χ1n) is 25.9. The highest BCUT2D eigenvalue weighted by Gasteiger charge is 2.31. The summed E-state index contributed by atoms with van der Waals surface area (Å²) in [7, 11) is 0. The molecular weight excluding hydrogens is 839 g/mol. The number of benzene rings is 1. The number of rotatable bonds is 33. The number of Topliss-reactive ketones (excluding diaryl/α,β-unsaturated/α-hetero) is 6. The van der Waals surface area contributed by atoms with E-state index in [1.54, 1.807) is 6.92 Å². The standard InChI is InChI=1S/C23H37NO2.C18H35NO3.C15H29NO2.CH4/c1-6-7-9-14-20(23(26)17(2)3)16-22(25)21(24-18(4)5)15-19-12-10-8-11-13-19;1-7-8-9-10-15(18(22)12(2)3)11-16(21)17(14(6)20)19-13(4)5;1-9(2)14(16-11(5)6)13(17)8-12(7)15(18)10(3)4;/h8,10-13,17-18,20-21,24H,6-7,9,14-16H2,1-5H3;12-15,17,19-20H,7-11H2,1-6H3;9-12,14,16H,8H2,1-7H3;1H4/t20-,21+;14?,15-,17+;12-,14+;/m111./s1. The summed E-state index contributed by atoms with van der Waals surface area (Å²) in [6.07, 6.45) is 8.89. The van der Waals surface area contributed by atoms with Gasteiger partial charge in [0, 0.05) is 72.9 Å². The van der Waals surface area contributed by atoms with Crippen LogP contribution in [0.25, 0.3) is 0 Å². The Bertz CT molecular complexity index is 1500. The molecule has 67 heavy (non-hydrogen) atoms. The Kier molecular flexibility index (Phi) is 38.7. The number of hydrogen-bond acceptors (Lipinski definition) is 10. The summed E-state index contributed by atoms with van der Waals surface area (Å²) >= 11 is 0. The number of ketones is 6. The molecule has 0 aliphatic heterocycles. The van der Waals surface area contributed by atoms with Crippen molar-refractivity contribution in [2.45, 2.75) is 251 Å². The number of carbonyl (C=O) groups excluding carboxylic acids is 6. The first-order valence-corrected chi connectivity index (χ1v) is 25.9. The van der Waals surface area contributed by atoms with Crippen LogP contribution in [0.2, 0.25) is 0 Å². The normalized spacial score (nSPS) is 14.7. The van der Waals surface area contributed by atoms with Crippen LogP contribution in [0.15, 0.2) is 30.3 Å². The van der Waals surface area contributed by atoms with Gasteiger partial charge in [0.1, 0.15) is 17.3 Å². The van der Waals surface area contributed by atoms with Crippen LogP contribution in [-0.2, 0) is 35.2 Å². The molecule has 0 spiro atoms. The van der Waals surface area contributed by atoms with E-state index in [9.17, 15) is 33.9 Å². The molecule has 0 aliphatic carbocycles. The summed E-state index contributed by atoms with van der Waals surface area (Å²) in [4.78, 5) is 74.6. The SMILES string of the molecule is C.CC(C)N[C@H](C(=O)C[C@@H](C)C(=O)C(C)C)C(C)C.CCCCC[C@H](CC(=O)[C@@H](NC(C)C)C(C)O)C(=O)C(C)C.CCCCC[C@H](CC(=O)[C@H](Cc1ccccc1)NC(C)C)C(=O)C(C)C. The highest BCUT2D eigenvalue weighted by atomic mass is 16.3. The molecule has 4 N–H and O–H groups in total. The highest BCUT2D eigenvalue weighted by molar-refractivity contribution is 5.93. The van der Waals surface area contributed by atoms with Crippen molar-refractivity contribution >= 4 is 34.7 Å². The fourth-order valence-electron chi connectivity index (χ4n) is 8.16. The van der Waals surface area contributed by atoms with E-state index in [0.29, 0.717) is 19.3 Å². The minimum atomic E-state index is -0.750. The number of carbonyl (C=O) groups is 6. The van der Waals surface area contributed by atoms with Crippen LogP contribution >= 0.6 is 0 Å². The molecule has 0 radical (unpaired) electrons. The maximum absolute atomic E-state index is 13.0. The molecule has 0 heterocycles. The van der Waals surface area contributed by atoms with Gasteiger partial charge in [0.2, 0.25) is 0 Å². The molecule has 1 unspecified atom stereocenters. The van der Waals surface area contributed by atoms with Crippen LogP contribution in [0.1, 0.15) is 208 Å². The number of aliphatic hydroxyl groups excluding tert-OH is 1. The Balaban J connectivity index is -0.000000927. The van der Waals surface area contributed by atoms with Gasteiger partial charge >= 0.3 is 0 Å². The van der Waals surface area contributed by atoms with Crippen LogP contribution in [-0.4, -0.2) is 82.2 Å². The predicted molar refractivity (Wildman–Crippen MR) is 282 cm³/mol. The second-order valence-electron chi connectivity index (χ2n) is 21.1. The van der Waals surface area contributed by atoms with Crippen LogP contribution in [0.5, 0.6) is 0 Å². The van der Waals surface area contributed by atoms with E-state index in [1.165, 1.54) is 0 Å². The van der Waals surface area contributed by atoms with E-state index >= 15 is 0 Å². The average Bonchev–Trinajstić information content (AvgIpc) is 3.23. The second kappa shape index (κ2) is 37.9. The van der Waals surface area contributed by atoms with Gasteiger partial charge < -0.3 is 21.1 Å². The fourth-order valence-corrected chi connectivity index (χ4v) is 8.16. The third kappa shape index (κ3) is 31.0. The summed E-state index contributed by atoms with van der Waals surface area (Å²) in [5, 5.41) is 19.6. The quantitative estimate of drug-likeness (QED) is 0.0500. The summed E-state index contributed by atoms with van der Waals surface area (Å²) in [5.74, 6) is 0.499. The van der Waals surface area contributed by atoms with Gasteiger partial charge in [-0.1, -0.05) is 194 Å².